The molecule has 0 spiro atoms. The molecule has 0 fully saturated rings. The third-order valence-electron chi connectivity index (χ3n) is 6.74. The number of halogens is 1. The van der Waals surface area contributed by atoms with Gasteiger partial charge in [0.1, 0.15) is 18.0 Å². The molecule has 0 amide bonds. The van der Waals surface area contributed by atoms with Gasteiger partial charge < -0.3 is 9.47 Å². The summed E-state index contributed by atoms with van der Waals surface area (Å²) in [4.78, 5) is 18.1. The maximum atomic E-state index is 15.6. The Morgan fingerprint density at radius 3 is 2.44 bits per heavy atom. The molecule has 39 heavy (non-hydrogen) atoms. The maximum absolute atomic E-state index is 15.6. The molecule has 200 valence electrons. The zero-order valence-electron chi connectivity index (χ0n) is 22.5. The molecule has 8 heteroatoms. The van der Waals surface area contributed by atoms with E-state index in [1.54, 1.807) is 13.2 Å². The molecule has 0 N–H and O–H groups in total. The number of para-hydroxylation sites is 1. The summed E-state index contributed by atoms with van der Waals surface area (Å²) in [5, 5.41) is 5.24. The summed E-state index contributed by atoms with van der Waals surface area (Å²) in [6, 6.07) is 22.4. The summed E-state index contributed by atoms with van der Waals surface area (Å²) in [6.45, 7) is 6.90. The first-order valence-electron chi connectivity index (χ1n) is 13.0. The van der Waals surface area contributed by atoms with Gasteiger partial charge in [-0.25, -0.2) is 14.2 Å². The monoisotopic (exact) mass is 526 g/mol. The van der Waals surface area contributed by atoms with E-state index in [1.807, 2.05) is 67.6 Å². The minimum atomic E-state index is -0.582. The van der Waals surface area contributed by atoms with Crippen molar-refractivity contribution in [2.24, 2.45) is 0 Å². The summed E-state index contributed by atoms with van der Waals surface area (Å²) >= 11 is 0. The standard InChI is InChI=1S/C31H31FN4O3/c1-5-35-30(19-39-18-21-11-7-6-8-12-21)34-36(31(35)37)28-16-24-23(20(2)3)15-26(33-27(24)17-25(28)32)22-13-9-10-14-29(22)38-4/h6-17,20H,5,18-19H2,1-4H3. The second-order valence-electron chi connectivity index (χ2n) is 9.61. The number of nitrogens with zero attached hydrogens (tertiary/aromatic N) is 4. The Hall–Kier alpha value is -4.30. The van der Waals surface area contributed by atoms with E-state index in [0.717, 1.165) is 26.8 Å². The van der Waals surface area contributed by atoms with Crippen molar-refractivity contribution in [2.75, 3.05) is 7.11 Å². The predicted molar refractivity (Wildman–Crippen MR) is 150 cm³/mol. The van der Waals surface area contributed by atoms with E-state index in [2.05, 4.69) is 18.9 Å². The molecule has 0 bridgehead atoms. The molecule has 0 saturated heterocycles. The van der Waals surface area contributed by atoms with Gasteiger partial charge in [0.05, 0.1) is 24.9 Å². The van der Waals surface area contributed by atoms with Crippen LogP contribution in [0.25, 0.3) is 27.8 Å². The minimum Gasteiger partial charge on any atom is -0.496 e. The number of pyridine rings is 1. The molecule has 0 saturated carbocycles. The van der Waals surface area contributed by atoms with Crippen molar-refractivity contribution in [1.29, 1.82) is 0 Å². The normalized spacial score (nSPS) is 11.4. The molecular weight excluding hydrogens is 495 g/mol. The highest BCUT2D eigenvalue weighted by atomic mass is 19.1. The molecule has 2 aromatic heterocycles. The Labute approximate surface area is 226 Å². The van der Waals surface area contributed by atoms with Crippen LogP contribution in [0.15, 0.2) is 77.6 Å². The average Bonchev–Trinajstić information content (AvgIpc) is 3.26. The van der Waals surface area contributed by atoms with Crippen molar-refractivity contribution in [2.45, 2.75) is 46.4 Å². The fraction of sp³-hybridized carbons (Fsp3) is 0.258. The number of hydrogen-bond acceptors (Lipinski definition) is 5. The highest BCUT2D eigenvalue weighted by molar-refractivity contribution is 5.88. The van der Waals surface area contributed by atoms with Crippen molar-refractivity contribution in [3.63, 3.8) is 0 Å². The smallest absolute Gasteiger partial charge is 0.350 e. The minimum absolute atomic E-state index is 0.0813. The first kappa shape index (κ1) is 26.3. The van der Waals surface area contributed by atoms with Gasteiger partial charge in [-0.2, -0.15) is 4.68 Å². The van der Waals surface area contributed by atoms with Crippen LogP contribution in [0.2, 0.25) is 0 Å². The van der Waals surface area contributed by atoms with Gasteiger partial charge in [-0.15, -0.1) is 5.10 Å². The highest BCUT2D eigenvalue weighted by Gasteiger charge is 2.20. The maximum Gasteiger partial charge on any atom is 0.350 e. The zero-order valence-corrected chi connectivity index (χ0v) is 22.5. The lowest BCUT2D eigenvalue weighted by atomic mass is 9.95. The van der Waals surface area contributed by atoms with Gasteiger partial charge in [0.15, 0.2) is 11.6 Å². The van der Waals surface area contributed by atoms with Crippen molar-refractivity contribution in [3.05, 3.63) is 106 Å². The lowest BCUT2D eigenvalue weighted by molar-refractivity contribution is 0.0989. The van der Waals surface area contributed by atoms with Crippen LogP contribution in [-0.4, -0.2) is 26.4 Å². The molecule has 0 aliphatic heterocycles. The van der Waals surface area contributed by atoms with Crippen LogP contribution < -0.4 is 10.4 Å². The second-order valence-corrected chi connectivity index (χ2v) is 9.61. The first-order chi connectivity index (χ1) is 18.9. The summed E-state index contributed by atoms with van der Waals surface area (Å²) in [7, 11) is 1.61. The molecule has 2 heterocycles. The number of aromatic nitrogens is 4. The van der Waals surface area contributed by atoms with Crippen LogP contribution in [-0.2, 0) is 24.5 Å². The average molecular weight is 527 g/mol. The molecular formula is C31H31FN4O3. The number of methoxy groups -OCH3 is 1. The van der Waals surface area contributed by atoms with E-state index < -0.39 is 11.5 Å². The van der Waals surface area contributed by atoms with Gasteiger partial charge in [0.25, 0.3) is 0 Å². The van der Waals surface area contributed by atoms with Crippen molar-refractivity contribution >= 4 is 10.9 Å². The second kappa shape index (κ2) is 11.2. The molecule has 0 aliphatic rings. The topological polar surface area (TPSA) is 71.2 Å². The molecule has 7 nitrogen and oxygen atoms in total. The van der Waals surface area contributed by atoms with Crippen LogP contribution in [0.1, 0.15) is 43.6 Å². The third-order valence-corrected chi connectivity index (χ3v) is 6.74. The van der Waals surface area contributed by atoms with E-state index in [0.29, 0.717) is 35.9 Å². The van der Waals surface area contributed by atoms with Gasteiger partial charge in [0, 0.05) is 23.6 Å². The quantitative estimate of drug-likeness (QED) is 0.227. The van der Waals surface area contributed by atoms with Crippen LogP contribution in [0.3, 0.4) is 0 Å². The number of ether oxygens (including phenoxy) is 2. The lowest BCUT2D eigenvalue weighted by Gasteiger charge is -2.15. The van der Waals surface area contributed by atoms with E-state index in [1.165, 1.54) is 10.6 Å². The van der Waals surface area contributed by atoms with Gasteiger partial charge in [0.2, 0.25) is 0 Å². The summed E-state index contributed by atoms with van der Waals surface area (Å²) in [5.41, 5.74) is 3.68. The Balaban J connectivity index is 1.56. The Kier molecular flexibility index (Phi) is 7.56. The lowest BCUT2D eigenvalue weighted by Crippen LogP contribution is -2.24. The van der Waals surface area contributed by atoms with Crippen LogP contribution in [0.5, 0.6) is 5.75 Å². The molecule has 0 unspecified atom stereocenters. The van der Waals surface area contributed by atoms with Gasteiger partial charge in [-0.3, -0.25) is 4.57 Å². The van der Waals surface area contributed by atoms with E-state index in [9.17, 15) is 4.79 Å². The van der Waals surface area contributed by atoms with Crippen LogP contribution in [0, 0.1) is 5.82 Å². The molecule has 3 aromatic carbocycles. The van der Waals surface area contributed by atoms with E-state index in [-0.39, 0.29) is 18.2 Å². The Bertz CT molecular complexity index is 1680. The molecule has 0 radical (unpaired) electrons. The molecule has 5 rings (SSSR count). The number of rotatable bonds is 9. The zero-order chi connectivity index (χ0) is 27.5. The van der Waals surface area contributed by atoms with Crippen molar-refractivity contribution in [3.8, 4) is 22.7 Å². The fourth-order valence-electron chi connectivity index (χ4n) is 4.75. The Morgan fingerprint density at radius 1 is 0.974 bits per heavy atom. The predicted octanol–water partition coefficient (Wildman–Crippen LogP) is 6.26. The summed E-state index contributed by atoms with van der Waals surface area (Å²) in [6.07, 6.45) is 0. The summed E-state index contributed by atoms with van der Waals surface area (Å²) < 4.78 is 29.6. The largest absolute Gasteiger partial charge is 0.496 e. The first-order valence-corrected chi connectivity index (χ1v) is 13.0. The van der Waals surface area contributed by atoms with Gasteiger partial charge in [-0.05, 0) is 48.2 Å². The highest BCUT2D eigenvalue weighted by Crippen LogP contribution is 2.35. The number of fused-ring (bicyclic) bond motifs is 1. The third kappa shape index (κ3) is 5.20. The molecule has 5 aromatic rings. The SMILES string of the molecule is CCn1c(COCc2ccccc2)nn(-c2cc3c(C(C)C)cc(-c4ccccc4OC)nc3cc2F)c1=O. The number of hydrogen-bond donors (Lipinski definition) is 0. The Morgan fingerprint density at radius 2 is 1.72 bits per heavy atom. The van der Waals surface area contributed by atoms with E-state index in [4.69, 9.17) is 14.5 Å². The van der Waals surface area contributed by atoms with Gasteiger partial charge in [-0.1, -0.05) is 56.3 Å². The van der Waals surface area contributed by atoms with Crippen LogP contribution >= 0.6 is 0 Å². The van der Waals surface area contributed by atoms with E-state index >= 15 is 4.39 Å². The van der Waals surface area contributed by atoms with Gasteiger partial charge >= 0.3 is 5.69 Å². The number of benzene rings is 3. The van der Waals surface area contributed by atoms with Crippen molar-refractivity contribution < 1.29 is 13.9 Å². The molecule has 0 aliphatic carbocycles. The van der Waals surface area contributed by atoms with Crippen LogP contribution in [0.4, 0.5) is 4.39 Å². The van der Waals surface area contributed by atoms with Crippen molar-refractivity contribution in [1.82, 2.24) is 19.3 Å². The fourth-order valence-corrected chi connectivity index (χ4v) is 4.75. The molecule has 0 atom stereocenters. The summed E-state index contributed by atoms with van der Waals surface area (Å²) in [5.74, 6) is 0.664.